The molecule has 7 nitrogen and oxygen atoms in total. The molecule has 0 radical (unpaired) electrons. The molecule has 0 saturated heterocycles. The van der Waals surface area contributed by atoms with Crippen LogP contribution < -0.4 is 10.6 Å². The molecule has 1 rings (SSSR count). The molecule has 0 spiro atoms. The van der Waals surface area contributed by atoms with Crippen molar-refractivity contribution in [3.05, 3.63) is 18.0 Å². The lowest BCUT2D eigenvalue weighted by molar-refractivity contribution is -0.140. The SMILES string of the molecule is CCC(C)[C@H](NC(=O)NC(C)c1cn[nH]c1)C(=O)O. The van der Waals surface area contributed by atoms with E-state index in [-0.39, 0.29) is 12.0 Å². The van der Waals surface area contributed by atoms with E-state index in [9.17, 15) is 9.59 Å². The van der Waals surface area contributed by atoms with Crippen LogP contribution >= 0.6 is 0 Å². The number of urea groups is 1. The summed E-state index contributed by atoms with van der Waals surface area (Å²) in [5.74, 6) is -1.16. The Morgan fingerprint density at radius 1 is 1.42 bits per heavy atom. The van der Waals surface area contributed by atoms with Crippen LogP contribution in [0.15, 0.2) is 12.4 Å². The molecule has 1 aromatic heterocycles. The fraction of sp³-hybridized carbons (Fsp3) is 0.583. The monoisotopic (exact) mass is 268 g/mol. The van der Waals surface area contributed by atoms with Gasteiger partial charge in [-0.25, -0.2) is 9.59 Å². The third-order valence-electron chi connectivity index (χ3n) is 3.13. The number of carbonyl (C=O) groups excluding carboxylic acids is 1. The molecule has 4 N–H and O–H groups in total. The van der Waals surface area contributed by atoms with Gasteiger partial charge in [-0.05, 0) is 12.8 Å². The minimum Gasteiger partial charge on any atom is -0.480 e. The zero-order chi connectivity index (χ0) is 14.4. The number of carboxylic acid groups (broad SMARTS) is 1. The van der Waals surface area contributed by atoms with E-state index in [4.69, 9.17) is 5.11 Å². The molecule has 7 heteroatoms. The fourth-order valence-electron chi connectivity index (χ4n) is 1.64. The lowest BCUT2D eigenvalue weighted by Gasteiger charge is -2.21. The first-order chi connectivity index (χ1) is 8.95. The third kappa shape index (κ3) is 4.27. The van der Waals surface area contributed by atoms with Crippen molar-refractivity contribution >= 4 is 12.0 Å². The van der Waals surface area contributed by atoms with Gasteiger partial charge >= 0.3 is 12.0 Å². The fourth-order valence-corrected chi connectivity index (χ4v) is 1.64. The summed E-state index contributed by atoms with van der Waals surface area (Å²) >= 11 is 0. The van der Waals surface area contributed by atoms with E-state index in [1.807, 2.05) is 6.92 Å². The number of H-pyrrole nitrogens is 1. The van der Waals surface area contributed by atoms with E-state index in [2.05, 4.69) is 20.8 Å². The molecule has 0 saturated carbocycles. The largest absolute Gasteiger partial charge is 0.480 e. The number of amides is 2. The Morgan fingerprint density at radius 3 is 2.58 bits per heavy atom. The topological polar surface area (TPSA) is 107 Å². The molecule has 19 heavy (non-hydrogen) atoms. The second-order valence-electron chi connectivity index (χ2n) is 4.57. The molecule has 0 aromatic carbocycles. The van der Waals surface area contributed by atoms with E-state index in [1.54, 1.807) is 26.2 Å². The van der Waals surface area contributed by atoms with Gasteiger partial charge in [-0.15, -0.1) is 0 Å². The zero-order valence-corrected chi connectivity index (χ0v) is 11.3. The molecule has 106 valence electrons. The Labute approximate surface area is 111 Å². The van der Waals surface area contributed by atoms with Gasteiger partial charge in [-0.3, -0.25) is 5.10 Å². The normalized spacial score (nSPS) is 15.3. The van der Waals surface area contributed by atoms with E-state index >= 15 is 0 Å². The summed E-state index contributed by atoms with van der Waals surface area (Å²) in [4.78, 5) is 22.9. The molecule has 3 atom stereocenters. The van der Waals surface area contributed by atoms with Crippen molar-refractivity contribution in [2.45, 2.75) is 39.3 Å². The maximum atomic E-state index is 11.8. The van der Waals surface area contributed by atoms with Crippen molar-refractivity contribution in [2.75, 3.05) is 0 Å². The molecule has 0 bridgehead atoms. The maximum absolute atomic E-state index is 11.8. The molecule has 1 aromatic rings. The highest BCUT2D eigenvalue weighted by Gasteiger charge is 2.25. The van der Waals surface area contributed by atoms with Crippen LogP contribution in [0.1, 0.15) is 38.8 Å². The number of carbonyl (C=O) groups is 2. The van der Waals surface area contributed by atoms with E-state index in [0.717, 1.165) is 5.56 Å². The highest BCUT2D eigenvalue weighted by Crippen LogP contribution is 2.10. The van der Waals surface area contributed by atoms with Crippen molar-refractivity contribution in [1.29, 1.82) is 0 Å². The van der Waals surface area contributed by atoms with Crippen LogP contribution in [-0.4, -0.2) is 33.3 Å². The van der Waals surface area contributed by atoms with Gasteiger partial charge in [0.2, 0.25) is 0 Å². The Morgan fingerprint density at radius 2 is 2.11 bits per heavy atom. The summed E-state index contributed by atoms with van der Waals surface area (Å²) in [6.07, 6.45) is 3.96. The Kier molecular flexibility index (Phi) is 5.35. The highest BCUT2D eigenvalue weighted by molar-refractivity contribution is 5.82. The van der Waals surface area contributed by atoms with Gasteiger partial charge in [0.15, 0.2) is 0 Å². The van der Waals surface area contributed by atoms with E-state index in [0.29, 0.717) is 6.42 Å². The Balaban J connectivity index is 2.56. The predicted molar refractivity (Wildman–Crippen MR) is 69.5 cm³/mol. The standard InChI is InChI=1S/C12H20N4O3/c1-4-7(2)10(11(17)18)16-12(19)15-8(3)9-5-13-14-6-9/h5-8,10H,4H2,1-3H3,(H,13,14)(H,17,18)(H2,15,16,19)/t7?,8?,10-/m0/s1. The second kappa shape index (κ2) is 6.77. The number of hydrogen-bond acceptors (Lipinski definition) is 3. The zero-order valence-electron chi connectivity index (χ0n) is 11.3. The van der Waals surface area contributed by atoms with Crippen molar-refractivity contribution < 1.29 is 14.7 Å². The van der Waals surface area contributed by atoms with Crippen molar-refractivity contribution in [2.24, 2.45) is 5.92 Å². The van der Waals surface area contributed by atoms with E-state index in [1.165, 1.54) is 0 Å². The highest BCUT2D eigenvalue weighted by atomic mass is 16.4. The maximum Gasteiger partial charge on any atom is 0.326 e. The smallest absolute Gasteiger partial charge is 0.326 e. The summed E-state index contributed by atoms with van der Waals surface area (Å²) in [6, 6.07) is -1.63. The first kappa shape index (κ1) is 15.0. The lowest BCUT2D eigenvalue weighted by Crippen LogP contribution is -2.49. The van der Waals surface area contributed by atoms with Crippen LogP contribution in [0, 0.1) is 5.92 Å². The predicted octanol–water partition coefficient (Wildman–Crippen LogP) is 1.27. The number of aromatic amines is 1. The second-order valence-corrected chi connectivity index (χ2v) is 4.57. The number of hydrogen-bond donors (Lipinski definition) is 4. The molecule has 0 aliphatic heterocycles. The lowest BCUT2D eigenvalue weighted by atomic mass is 9.99. The molecule has 0 fully saturated rings. The van der Waals surface area contributed by atoms with Gasteiger partial charge in [-0.1, -0.05) is 20.3 Å². The van der Waals surface area contributed by atoms with Crippen LogP contribution in [0.25, 0.3) is 0 Å². The first-order valence-corrected chi connectivity index (χ1v) is 6.24. The quantitative estimate of drug-likeness (QED) is 0.623. The van der Waals surface area contributed by atoms with Gasteiger partial charge in [-0.2, -0.15) is 5.10 Å². The summed E-state index contributed by atoms with van der Waals surface area (Å²) in [5.41, 5.74) is 0.825. The third-order valence-corrected chi connectivity index (χ3v) is 3.13. The molecular weight excluding hydrogens is 248 g/mol. The van der Waals surface area contributed by atoms with E-state index < -0.39 is 18.0 Å². The Hall–Kier alpha value is -2.05. The van der Waals surface area contributed by atoms with Crippen LogP contribution in [0.2, 0.25) is 0 Å². The summed E-state index contributed by atoms with van der Waals surface area (Å²) in [7, 11) is 0. The van der Waals surface area contributed by atoms with Crippen LogP contribution in [0.4, 0.5) is 4.79 Å². The minimum atomic E-state index is -1.03. The van der Waals surface area contributed by atoms with Gasteiger partial charge in [0.25, 0.3) is 0 Å². The average Bonchev–Trinajstić information content (AvgIpc) is 2.88. The molecular formula is C12H20N4O3. The number of carboxylic acids is 1. The first-order valence-electron chi connectivity index (χ1n) is 6.24. The Bertz CT molecular complexity index is 419. The summed E-state index contributed by atoms with van der Waals surface area (Å²) in [6.45, 7) is 5.47. The molecule has 1 heterocycles. The van der Waals surface area contributed by atoms with Gasteiger partial charge in [0.05, 0.1) is 12.2 Å². The van der Waals surface area contributed by atoms with Crippen molar-refractivity contribution in [3.8, 4) is 0 Å². The van der Waals surface area contributed by atoms with Crippen LogP contribution in [-0.2, 0) is 4.79 Å². The average molecular weight is 268 g/mol. The van der Waals surface area contributed by atoms with Crippen molar-refractivity contribution in [3.63, 3.8) is 0 Å². The summed E-state index contributed by atoms with van der Waals surface area (Å²) in [5, 5.41) is 20.7. The van der Waals surface area contributed by atoms with Crippen molar-refractivity contribution in [1.82, 2.24) is 20.8 Å². The number of nitrogens with one attached hydrogen (secondary N) is 3. The molecule has 2 amide bonds. The number of aromatic nitrogens is 2. The summed E-state index contributed by atoms with van der Waals surface area (Å²) < 4.78 is 0. The number of rotatable bonds is 6. The van der Waals surface area contributed by atoms with Crippen LogP contribution in [0.3, 0.4) is 0 Å². The van der Waals surface area contributed by atoms with Gasteiger partial charge in [0.1, 0.15) is 6.04 Å². The molecule has 2 unspecified atom stereocenters. The molecule has 0 aliphatic rings. The van der Waals surface area contributed by atoms with Crippen LogP contribution in [0.5, 0.6) is 0 Å². The minimum absolute atomic E-state index is 0.132. The number of aliphatic carboxylic acids is 1. The van der Waals surface area contributed by atoms with Gasteiger partial charge in [0, 0.05) is 11.8 Å². The molecule has 0 aliphatic carbocycles. The van der Waals surface area contributed by atoms with Gasteiger partial charge < -0.3 is 15.7 Å². The number of nitrogens with zero attached hydrogens (tertiary/aromatic N) is 1.